The number of carbonyl (C=O) groups is 2. The van der Waals surface area contributed by atoms with E-state index in [9.17, 15) is 9.59 Å². The second kappa shape index (κ2) is 9.44. The molecule has 2 N–H and O–H groups in total. The quantitative estimate of drug-likeness (QED) is 0.755. The lowest BCUT2D eigenvalue weighted by Crippen LogP contribution is -2.45. The Bertz CT molecular complexity index is 717. The molecular formula is C19H22N2O4. The normalized spacial score (nSPS) is 10.2. The number of hydrogen-bond donors (Lipinski definition) is 2. The van der Waals surface area contributed by atoms with Gasteiger partial charge in [-0.3, -0.25) is 20.4 Å². The number of carbonyl (C=O) groups excluding carboxylic acids is 2. The van der Waals surface area contributed by atoms with Gasteiger partial charge in [-0.15, -0.1) is 0 Å². The number of rotatable bonds is 7. The molecule has 0 aromatic heterocycles. The number of amides is 2. The van der Waals surface area contributed by atoms with E-state index in [-0.39, 0.29) is 13.2 Å². The number of benzene rings is 2. The van der Waals surface area contributed by atoms with Crippen LogP contribution in [-0.4, -0.2) is 25.0 Å². The van der Waals surface area contributed by atoms with Crippen LogP contribution in [0.2, 0.25) is 0 Å². The Morgan fingerprint density at radius 2 is 1.56 bits per heavy atom. The number of aryl methyl sites for hydroxylation is 2. The predicted octanol–water partition coefficient (Wildman–Crippen LogP) is 2.05. The number of nitrogens with one attached hydrogen (secondary N) is 2. The zero-order chi connectivity index (χ0) is 18.1. The molecule has 0 aliphatic carbocycles. The summed E-state index contributed by atoms with van der Waals surface area (Å²) in [4.78, 5) is 23.3. The van der Waals surface area contributed by atoms with E-state index in [2.05, 4.69) is 10.9 Å². The van der Waals surface area contributed by atoms with Crippen molar-refractivity contribution in [2.75, 3.05) is 13.2 Å². The van der Waals surface area contributed by atoms with Crippen LogP contribution >= 0.6 is 0 Å². The van der Waals surface area contributed by atoms with Crippen LogP contribution in [0, 0.1) is 13.8 Å². The van der Waals surface area contributed by atoms with E-state index in [4.69, 9.17) is 9.47 Å². The molecule has 0 heterocycles. The van der Waals surface area contributed by atoms with Gasteiger partial charge in [-0.1, -0.05) is 36.4 Å². The molecule has 0 fully saturated rings. The van der Waals surface area contributed by atoms with Gasteiger partial charge < -0.3 is 9.47 Å². The van der Waals surface area contributed by atoms with Gasteiger partial charge in [0.1, 0.15) is 12.4 Å². The van der Waals surface area contributed by atoms with Crippen LogP contribution in [0.5, 0.6) is 5.75 Å². The van der Waals surface area contributed by atoms with Crippen molar-refractivity contribution in [3.05, 3.63) is 65.2 Å². The third-order valence-electron chi connectivity index (χ3n) is 3.53. The highest BCUT2D eigenvalue weighted by molar-refractivity contribution is 5.83. The molecule has 0 aliphatic heterocycles. The summed E-state index contributed by atoms with van der Waals surface area (Å²) in [5.74, 6) is -0.277. The molecular weight excluding hydrogens is 320 g/mol. The molecule has 0 saturated carbocycles. The van der Waals surface area contributed by atoms with E-state index in [1.54, 1.807) is 6.07 Å². The molecule has 6 heteroatoms. The summed E-state index contributed by atoms with van der Waals surface area (Å²) >= 11 is 0. The van der Waals surface area contributed by atoms with Gasteiger partial charge in [0.15, 0.2) is 6.61 Å². The van der Waals surface area contributed by atoms with Crippen molar-refractivity contribution in [3.8, 4) is 5.75 Å². The van der Waals surface area contributed by atoms with E-state index >= 15 is 0 Å². The van der Waals surface area contributed by atoms with Gasteiger partial charge in [0.25, 0.3) is 11.8 Å². The van der Waals surface area contributed by atoms with Crippen LogP contribution < -0.4 is 15.6 Å². The minimum Gasteiger partial charge on any atom is -0.484 e. The Morgan fingerprint density at radius 3 is 2.24 bits per heavy atom. The van der Waals surface area contributed by atoms with Crippen LogP contribution in [0.4, 0.5) is 0 Å². The first-order chi connectivity index (χ1) is 12.0. The SMILES string of the molecule is Cc1ccc(OCC(=O)NNC(=O)COCc2ccccc2)cc1C. The summed E-state index contributed by atoms with van der Waals surface area (Å²) in [7, 11) is 0. The topological polar surface area (TPSA) is 76.7 Å². The van der Waals surface area contributed by atoms with Crippen molar-refractivity contribution in [2.45, 2.75) is 20.5 Å². The number of hydrazine groups is 1. The zero-order valence-corrected chi connectivity index (χ0v) is 14.4. The molecule has 132 valence electrons. The molecule has 0 radical (unpaired) electrons. The molecule has 6 nitrogen and oxygen atoms in total. The third-order valence-corrected chi connectivity index (χ3v) is 3.53. The molecule has 0 aliphatic rings. The highest BCUT2D eigenvalue weighted by atomic mass is 16.5. The van der Waals surface area contributed by atoms with Gasteiger partial charge in [0.2, 0.25) is 0 Å². The Kier molecular flexibility index (Phi) is 6.98. The van der Waals surface area contributed by atoms with Gasteiger partial charge in [-0.2, -0.15) is 0 Å². The fourth-order valence-corrected chi connectivity index (χ4v) is 2.00. The van der Waals surface area contributed by atoms with Crippen molar-refractivity contribution in [1.82, 2.24) is 10.9 Å². The fraction of sp³-hybridized carbons (Fsp3) is 0.263. The van der Waals surface area contributed by atoms with Crippen LogP contribution in [-0.2, 0) is 20.9 Å². The second-order valence-electron chi connectivity index (χ2n) is 5.61. The molecule has 0 bridgehead atoms. The number of hydrogen-bond acceptors (Lipinski definition) is 4. The largest absolute Gasteiger partial charge is 0.484 e. The van der Waals surface area contributed by atoms with Crippen molar-refractivity contribution in [2.24, 2.45) is 0 Å². The maximum Gasteiger partial charge on any atom is 0.276 e. The third kappa shape index (κ3) is 6.64. The highest BCUT2D eigenvalue weighted by Crippen LogP contribution is 2.16. The predicted molar refractivity (Wildman–Crippen MR) is 93.8 cm³/mol. The molecule has 0 saturated heterocycles. The first-order valence-electron chi connectivity index (χ1n) is 7.94. The lowest BCUT2D eigenvalue weighted by Gasteiger charge is -2.10. The molecule has 2 aromatic rings. The Hall–Kier alpha value is -2.86. The van der Waals surface area contributed by atoms with E-state index in [0.29, 0.717) is 12.4 Å². The Balaban J connectivity index is 1.62. The van der Waals surface area contributed by atoms with Crippen LogP contribution in [0.1, 0.15) is 16.7 Å². The molecule has 0 atom stereocenters. The Morgan fingerprint density at radius 1 is 0.880 bits per heavy atom. The van der Waals surface area contributed by atoms with Crippen LogP contribution in [0.25, 0.3) is 0 Å². The summed E-state index contributed by atoms with van der Waals surface area (Å²) in [5.41, 5.74) is 7.78. The smallest absolute Gasteiger partial charge is 0.276 e. The van der Waals surface area contributed by atoms with Crippen molar-refractivity contribution in [1.29, 1.82) is 0 Å². The lowest BCUT2D eigenvalue weighted by atomic mass is 10.1. The number of ether oxygens (including phenoxy) is 2. The van der Waals surface area contributed by atoms with Crippen molar-refractivity contribution < 1.29 is 19.1 Å². The van der Waals surface area contributed by atoms with Gasteiger partial charge in [-0.05, 0) is 42.7 Å². The van der Waals surface area contributed by atoms with Crippen LogP contribution in [0.15, 0.2) is 48.5 Å². The van der Waals surface area contributed by atoms with Gasteiger partial charge in [0.05, 0.1) is 6.61 Å². The summed E-state index contributed by atoms with van der Waals surface area (Å²) in [6.07, 6.45) is 0. The van der Waals surface area contributed by atoms with Crippen molar-refractivity contribution >= 4 is 11.8 Å². The van der Waals surface area contributed by atoms with Gasteiger partial charge in [-0.25, -0.2) is 0 Å². The van der Waals surface area contributed by atoms with E-state index in [0.717, 1.165) is 16.7 Å². The molecule has 0 spiro atoms. The second-order valence-corrected chi connectivity index (χ2v) is 5.61. The first kappa shape index (κ1) is 18.5. The standard InChI is InChI=1S/C19H22N2O4/c1-14-8-9-17(10-15(14)2)25-13-19(23)21-20-18(22)12-24-11-16-6-4-3-5-7-16/h3-10H,11-13H2,1-2H3,(H,20,22)(H,21,23). The monoisotopic (exact) mass is 342 g/mol. The fourth-order valence-electron chi connectivity index (χ4n) is 2.00. The maximum atomic E-state index is 11.7. The molecule has 0 unspecified atom stereocenters. The molecule has 2 amide bonds. The minimum absolute atomic E-state index is 0.146. The highest BCUT2D eigenvalue weighted by Gasteiger charge is 2.06. The molecule has 2 aromatic carbocycles. The van der Waals surface area contributed by atoms with Gasteiger partial charge >= 0.3 is 0 Å². The van der Waals surface area contributed by atoms with Crippen LogP contribution in [0.3, 0.4) is 0 Å². The van der Waals surface area contributed by atoms with E-state index in [1.807, 2.05) is 56.3 Å². The summed E-state index contributed by atoms with van der Waals surface area (Å²) in [5, 5.41) is 0. The minimum atomic E-state index is -0.449. The zero-order valence-electron chi connectivity index (χ0n) is 14.4. The summed E-state index contributed by atoms with van der Waals surface area (Å²) < 4.78 is 10.7. The molecule has 2 rings (SSSR count). The van der Waals surface area contributed by atoms with E-state index in [1.165, 1.54) is 0 Å². The summed E-state index contributed by atoms with van der Waals surface area (Å²) in [6.45, 7) is 3.97. The summed E-state index contributed by atoms with van der Waals surface area (Å²) in [6, 6.07) is 15.1. The van der Waals surface area contributed by atoms with Gasteiger partial charge in [0, 0.05) is 0 Å². The lowest BCUT2D eigenvalue weighted by molar-refractivity contribution is -0.132. The molecule has 25 heavy (non-hydrogen) atoms. The van der Waals surface area contributed by atoms with E-state index < -0.39 is 11.8 Å². The average molecular weight is 342 g/mol. The first-order valence-corrected chi connectivity index (χ1v) is 7.94. The maximum absolute atomic E-state index is 11.7. The van der Waals surface area contributed by atoms with Crippen molar-refractivity contribution in [3.63, 3.8) is 0 Å². The average Bonchev–Trinajstić information content (AvgIpc) is 2.62. The Labute approximate surface area is 147 Å².